The van der Waals surface area contributed by atoms with Crippen LogP contribution in [0.4, 0.5) is 34.1 Å². The average molecular weight is 1160 g/mol. The smallest absolute Gasteiger partial charge is 0.455 e. The van der Waals surface area contributed by atoms with E-state index in [2.05, 4.69) is 223 Å². The zero-order valence-corrected chi connectivity index (χ0v) is 52.5. The Morgan fingerprint density at radius 2 is 1.16 bits per heavy atom. The first kappa shape index (κ1) is 50.1. The predicted octanol–water partition coefficient (Wildman–Crippen LogP) is 16.0. The van der Waals surface area contributed by atoms with E-state index in [1.165, 1.54) is 94.3 Å². The number of furan rings is 1. The molecule has 354 valence electrons. The minimum Gasteiger partial charge on any atom is -0.455 e. The second-order valence-electron chi connectivity index (χ2n) is 22.5. The number of fused-ring (bicyclic) bond motifs is 10. The van der Waals surface area contributed by atoms with Crippen molar-refractivity contribution in [2.75, 3.05) is 9.80 Å². The standard InChI is InChI=1S/C67H57BN3O.2Cd/c1-39-21-19-22-40(2)62(39)70-55-29-17-15-25-48(55)51-37-57-54(38-56(51)70)68-53-32-31-52(67(9,10)11)43(5)64(53)69(46-23-13-12-14-24-46)58-35-45(66(6,7)8)36-59(61(58)68)71(57)63-41(3)33-44(34-42(63)4)47-27-20-28-50-49-26-16-18-30-60(49)72-65(47)50;;/h12-22,25-38H,5H2,1-4,6-11H3;;/q-3;;+2. The van der Waals surface area contributed by atoms with Crippen LogP contribution in [0.25, 0.3) is 60.6 Å². The van der Waals surface area contributed by atoms with Gasteiger partial charge in [0.05, 0.1) is 22.4 Å². The number of hydrogen-bond donors (Lipinski definition) is 0. The first-order chi connectivity index (χ1) is 34.6. The van der Waals surface area contributed by atoms with E-state index in [9.17, 15) is 0 Å². The Bertz CT molecular complexity index is 4050. The monoisotopic (exact) mass is 1160 g/mol. The van der Waals surface area contributed by atoms with Crippen LogP contribution in [0.1, 0.15) is 80.5 Å². The molecule has 2 aliphatic heterocycles. The molecule has 4 nitrogen and oxygen atoms in total. The molecule has 2 aromatic heterocycles. The summed E-state index contributed by atoms with van der Waals surface area (Å²) in [6.07, 6.45) is 0. The molecule has 0 aliphatic carbocycles. The molecule has 11 aromatic rings. The molecule has 0 atom stereocenters. The molecular weight excluding hydrogens is 1100 g/mol. The van der Waals surface area contributed by atoms with Crippen LogP contribution in [0, 0.1) is 46.8 Å². The molecule has 2 aliphatic rings. The topological polar surface area (TPSA) is 24.6 Å². The Morgan fingerprint density at radius 3 is 1.85 bits per heavy atom. The van der Waals surface area contributed by atoms with E-state index in [-0.39, 0.29) is 72.1 Å². The van der Waals surface area contributed by atoms with E-state index in [1.807, 2.05) is 24.3 Å². The Labute approximate surface area is 476 Å². The maximum absolute atomic E-state index is 6.65. The van der Waals surface area contributed by atoms with Gasteiger partial charge in [0.15, 0.2) is 0 Å². The van der Waals surface area contributed by atoms with Gasteiger partial charge in [0.2, 0.25) is 6.71 Å². The SMILES string of the molecule is [CH2-]c1c(C(C)(C)C)ccc2c1N(c1[c-]ccc[c-]1)c1cc(C(C)(C)C)cc3c1B2c1cc2c(cc1N3c1c(C)cc(-c3cccc4c3oc3ccccc34)cc1C)c1ccccc1n2-c1c(C)cccc1C.[Cd+2].[Cd]. The van der Waals surface area contributed by atoms with E-state index in [0.717, 1.165) is 55.7 Å². The van der Waals surface area contributed by atoms with Gasteiger partial charge in [-0.1, -0.05) is 132 Å². The quantitative estimate of drug-likeness (QED) is 0.130. The fourth-order valence-corrected chi connectivity index (χ4v) is 12.5. The Hall–Kier alpha value is -6.04. The van der Waals surface area contributed by atoms with Crippen molar-refractivity contribution in [3.05, 3.63) is 210 Å². The summed E-state index contributed by atoms with van der Waals surface area (Å²) >= 11 is 0. The van der Waals surface area contributed by atoms with Gasteiger partial charge in [0, 0.05) is 71.5 Å². The number of anilines is 6. The Balaban J connectivity index is 0.00000294. The third-order valence-corrected chi connectivity index (χ3v) is 15.8. The minimum atomic E-state index is -0.189. The van der Waals surface area contributed by atoms with E-state index < -0.39 is 0 Å². The van der Waals surface area contributed by atoms with Gasteiger partial charge in [-0.2, -0.15) is 12.5 Å². The average Bonchev–Trinajstić information content (AvgIpc) is 3.89. The van der Waals surface area contributed by atoms with E-state index in [4.69, 9.17) is 11.3 Å². The summed E-state index contributed by atoms with van der Waals surface area (Å²) in [6, 6.07) is 63.4. The van der Waals surface area contributed by atoms with Gasteiger partial charge in [0.1, 0.15) is 11.2 Å². The molecule has 0 radical (unpaired) electrons. The van der Waals surface area contributed by atoms with Crippen molar-refractivity contribution < 1.29 is 59.0 Å². The number of hydrogen-bond acceptors (Lipinski definition) is 3. The van der Waals surface area contributed by atoms with Crippen LogP contribution in [-0.4, -0.2) is 11.3 Å². The van der Waals surface area contributed by atoms with Crippen molar-refractivity contribution in [1.82, 2.24) is 4.57 Å². The summed E-state index contributed by atoms with van der Waals surface area (Å²) < 4.78 is 9.18. The van der Waals surface area contributed by atoms with Crippen LogP contribution in [0.3, 0.4) is 0 Å². The fraction of sp³-hybridized carbons (Fsp3) is 0.179. The molecule has 0 N–H and O–H groups in total. The van der Waals surface area contributed by atoms with Crippen molar-refractivity contribution in [1.29, 1.82) is 0 Å². The van der Waals surface area contributed by atoms with Crippen LogP contribution in [0.5, 0.6) is 0 Å². The first-order valence-corrected chi connectivity index (χ1v) is 25.4. The maximum atomic E-state index is 6.65. The summed E-state index contributed by atoms with van der Waals surface area (Å²) in [7, 11) is 0. The van der Waals surface area contributed by atoms with Gasteiger partial charge >= 0.3 is 27.3 Å². The molecule has 0 spiro atoms. The molecule has 0 amide bonds. The number of para-hydroxylation sites is 5. The Kier molecular flexibility index (Phi) is 12.2. The van der Waals surface area contributed by atoms with Gasteiger partial charge in [-0.05, 0) is 126 Å². The molecule has 4 heterocycles. The van der Waals surface area contributed by atoms with Gasteiger partial charge in [-0.25, -0.2) is 5.69 Å². The summed E-state index contributed by atoms with van der Waals surface area (Å²) in [6.45, 7) is 27.8. The molecule has 7 heteroatoms. The first-order valence-electron chi connectivity index (χ1n) is 25.4. The molecule has 0 unspecified atom stereocenters. The molecule has 74 heavy (non-hydrogen) atoms. The van der Waals surface area contributed by atoms with Crippen LogP contribution < -0.4 is 26.2 Å². The maximum Gasteiger partial charge on any atom is 2.00 e. The zero-order valence-electron chi connectivity index (χ0n) is 44.4. The summed E-state index contributed by atoms with van der Waals surface area (Å²) in [5, 5.41) is 4.72. The molecular formula is C67H57BCd2N3O-. The largest absolute Gasteiger partial charge is 2.00 e. The minimum absolute atomic E-state index is 0. The molecule has 0 saturated carbocycles. The molecule has 13 rings (SSSR count). The predicted molar refractivity (Wildman–Crippen MR) is 306 cm³/mol. The van der Waals surface area contributed by atoms with Crippen molar-refractivity contribution in [3.8, 4) is 16.8 Å². The second kappa shape index (κ2) is 18.1. The zero-order chi connectivity index (χ0) is 49.7. The third kappa shape index (κ3) is 7.48. The molecule has 0 bridgehead atoms. The number of benzene rings is 9. The number of aromatic nitrogens is 1. The van der Waals surface area contributed by atoms with Gasteiger partial charge in [0.25, 0.3) is 0 Å². The Morgan fingerprint density at radius 1 is 0.527 bits per heavy atom. The molecule has 0 saturated heterocycles. The van der Waals surface area contributed by atoms with Crippen molar-refractivity contribution in [2.24, 2.45) is 0 Å². The summed E-state index contributed by atoms with van der Waals surface area (Å²) in [5.41, 5.74) is 26.1. The van der Waals surface area contributed by atoms with Gasteiger partial charge < -0.3 is 30.9 Å². The molecule has 9 aromatic carbocycles. The molecule has 0 fully saturated rings. The summed E-state index contributed by atoms with van der Waals surface area (Å²) in [4.78, 5) is 5.06. The van der Waals surface area contributed by atoms with Crippen LogP contribution >= 0.6 is 0 Å². The summed E-state index contributed by atoms with van der Waals surface area (Å²) in [5.74, 6) is 0. The normalized spacial score (nSPS) is 13.0. The van der Waals surface area contributed by atoms with Crippen molar-refractivity contribution in [2.45, 2.75) is 80.1 Å². The van der Waals surface area contributed by atoms with E-state index in [1.54, 1.807) is 0 Å². The number of nitrogens with zero attached hydrogens (tertiary/aromatic N) is 3. The van der Waals surface area contributed by atoms with Gasteiger partial charge in [-0.15, -0.1) is 17.1 Å². The van der Waals surface area contributed by atoms with Crippen LogP contribution in [0.15, 0.2) is 156 Å². The van der Waals surface area contributed by atoms with E-state index >= 15 is 0 Å². The third-order valence-electron chi connectivity index (χ3n) is 15.8. The number of aryl methyl sites for hydroxylation is 4. The number of rotatable bonds is 4. The van der Waals surface area contributed by atoms with Crippen molar-refractivity contribution >= 4 is 101 Å². The second-order valence-corrected chi connectivity index (χ2v) is 22.5. The van der Waals surface area contributed by atoms with E-state index in [0.29, 0.717) is 0 Å². The van der Waals surface area contributed by atoms with Gasteiger partial charge in [-0.3, -0.25) is 18.2 Å². The van der Waals surface area contributed by atoms with Crippen molar-refractivity contribution in [3.63, 3.8) is 0 Å². The van der Waals surface area contributed by atoms with Crippen LogP contribution in [0.2, 0.25) is 0 Å². The fourth-order valence-electron chi connectivity index (χ4n) is 12.5. The van der Waals surface area contributed by atoms with Crippen LogP contribution in [-0.2, 0) is 65.4 Å².